The Morgan fingerprint density at radius 2 is 2.00 bits per heavy atom. The molecule has 72 valence electrons. The number of nitrogens with two attached hydrogens (primary N) is 1. The summed E-state index contributed by atoms with van der Waals surface area (Å²) >= 11 is 0. The molecule has 0 amide bonds. The maximum Gasteiger partial charge on any atom is 0.0646 e. The van der Waals surface area contributed by atoms with Crippen LogP contribution in [-0.2, 0) is 10.8 Å². The van der Waals surface area contributed by atoms with Crippen LogP contribution in [0.1, 0.15) is 13.8 Å². The number of benzene rings is 1. The van der Waals surface area contributed by atoms with Crippen LogP contribution in [0.2, 0.25) is 0 Å². The molecule has 0 aliphatic rings. The van der Waals surface area contributed by atoms with Crippen molar-refractivity contribution in [3.63, 3.8) is 0 Å². The van der Waals surface area contributed by atoms with Gasteiger partial charge in [-0.05, 0) is 12.1 Å². The number of rotatable bonds is 3. The van der Waals surface area contributed by atoms with E-state index in [0.29, 0.717) is 0 Å². The lowest BCUT2D eigenvalue weighted by Gasteiger charge is -2.10. The lowest BCUT2D eigenvalue weighted by molar-refractivity contribution is 0.677. The van der Waals surface area contributed by atoms with Crippen molar-refractivity contribution in [3.8, 4) is 0 Å². The maximum absolute atomic E-state index is 11.7. The predicted octanol–water partition coefficient (Wildman–Crippen LogP) is 1.49. The normalized spacial score (nSPS) is 12.9. The summed E-state index contributed by atoms with van der Waals surface area (Å²) in [5.41, 5.74) is 3.27. The second-order valence-corrected chi connectivity index (χ2v) is 4.96. The number of para-hydroxylation sites is 1. The first-order valence-corrected chi connectivity index (χ1v) is 5.34. The molecule has 0 saturated carbocycles. The van der Waals surface area contributed by atoms with E-state index in [1.54, 1.807) is 0 Å². The van der Waals surface area contributed by atoms with Gasteiger partial charge in [0.15, 0.2) is 0 Å². The van der Waals surface area contributed by atoms with Gasteiger partial charge < -0.3 is 5.43 Å². The van der Waals surface area contributed by atoms with Gasteiger partial charge in [-0.25, -0.2) is 0 Å². The molecule has 0 aliphatic carbocycles. The molecule has 1 aromatic rings. The average Bonchev–Trinajstić information content (AvgIpc) is 2.16. The van der Waals surface area contributed by atoms with E-state index < -0.39 is 10.8 Å². The largest absolute Gasteiger partial charge is 0.323 e. The molecule has 0 aromatic heterocycles. The molecule has 1 unspecified atom stereocenters. The van der Waals surface area contributed by atoms with E-state index in [2.05, 4.69) is 5.43 Å². The molecule has 0 fully saturated rings. The van der Waals surface area contributed by atoms with Gasteiger partial charge in [-0.3, -0.25) is 10.1 Å². The molecule has 13 heavy (non-hydrogen) atoms. The van der Waals surface area contributed by atoms with Crippen molar-refractivity contribution in [2.75, 3.05) is 5.43 Å². The van der Waals surface area contributed by atoms with Gasteiger partial charge in [0.1, 0.15) is 0 Å². The van der Waals surface area contributed by atoms with Crippen LogP contribution >= 0.6 is 0 Å². The number of hydrogen-bond donors (Lipinski definition) is 2. The summed E-state index contributed by atoms with van der Waals surface area (Å²) in [5, 5.41) is 0.106. The Bertz CT molecular complexity index is 312. The van der Waals surface area contributed by atoms with Crippen LogP contribution in [0.4, 0.5) is 5.69 Å². The van der Waals surface area contributed by atoms with E-state index in [1.807, 2.05) is 38.1 Å². The minimum absolute atomic E-state index is 0.106. The van der Waals surface area contributed by atoms with Crippen LogP contribution in [0.5, 0.6) is 0 Å². The second-order valence-electron chi connectivity index (χ2n) is 2.99. The Morgan fingerprint density at radius 3 is 2.54 bits per heavy atom. The summed E-state index contributed by atoms with van der Waals surface area (Å²) < 4.78 is 11.7. The fourth-order valence-electron chi connectivity index (χ4n) is 1.02. The Hall–Kier alpha value is -0.870. The summed E-state index contributed by atoms with van der Waals surface area (Å²) in [6.07, 6.45) is 0. The van der Waals surface area contributed by atoms with Gasteiger partial charge in [-0.15, -0.1) is 0 Å². The first kappa shape index (κ1) is 10.2. The summed E-state index contributed by atoms with van der Waals surface area (Å²) in [7, 11) is -0.989. The number of hydrogen-bond acceptors (Lipinski definition) is 3. The molecular weight excluding hydrogens is 184 g/mol. The molecular formula is C9H14N2OS. The molecule has 1 rings (SSSR count). The minimum atomic E-state index is -0.989. The highest BCUT2D eigenvalue weighted by molar-refractivity contribution is 7.85. The van der Waals surface area contributed by atoms with Gasteiger partial charge in [0.25, 0.3) is 0 Å². The van der Waals surface area contributed by atoms with Crippen LogP contribution in [0.25, 0.3) is 0 Å². The van der Waals surface area contributed by atoms with Gasteiger partial charge in [-0.2, -0.15) is 0 Å². The quantitative estimate of drug-likeness (QED) is 0.571. The smallest absolute Gasteiger partial charge is 0.0646 e. The fraction of sp³-hybridized carbons (Fsp3) is 0.333. The molecule has 3 N–H and O–H groups in total. The highest BCUT2D eigenvalue weighted by atomic mass is 32.2. The zero-order valence-corrected chi connectivity index (χ0v) is 8.60. The van der Waals surface area contributed by atoms with Gasteiger partial charge >= 0.3 is 0 Å². The first-order chi connectivity index (χ1) is 6.16. The van der Waals surface area contributed by atoms with Crippen LogP contribution in [0.15, 0.2) is 29.2 Å². The molecule has 0 spiro atoms. The Labute approximate surface area is 80.8 Å². The van der Waals surface area contributed by atoms with Crippen LogP contribution < -0.4 is 11.3 Å². The number of hydrazine groups is 1. The van der Waals surface area contributed by atoms with Gasteiger partial charge in [0, 0.05) is 5.25 Å². The summed E-state index contributed by atoms with van der Waals surface area (Å²) in [5.74, 6) is 5.30. The van der Waals surface area contributed by atoms with E-state index in [0.717, 1.165) is 10.6 Å². The van der Waals surface area contributed by atoms with E-state index in [1.165, 1.54) is 0 Å². The first-order valence-electron chi connectivity index (χ1n) is 4.13. The third kappa shape index (κ3) is 2.29. The minimum Gasteiger partial charge on any atom is -0.323 e. The van der Waals surface area contributed by atoms with Crippen molar-refractivity contribution in [1.82, 2.24) is 0 Å². The molecule has 0 radical (unpaired) electrons. The zero-order chi connectivity index (χ0) is 9.84. The summed E-state index contributed by atoms with van der Waals surface area (Å²) in [4.78, 5) is 0.764. The van der Waals surface area contributed by atoms with Gasteiger partial charge in [-0.1, -0.05) is 26.0 Å². The SMILES string of the molecule is CC(C)S(=O)c1ccccc1NN. The van der Waals surface area contributed by atoms with E-state index in [-0.39, 0.29) is 5.25 Å². The zero-order valence-electron chi connectivity index (χ0n) is 7.78. The topological polar surface area (TPSA) is 55.1 Å². The van der Waals surface area contributed by atoms with Crippen LogP contribution in [-0.4, -0.2) is 9.46 Å². The molecule has 0 saturated heterocycles. The lowest BCUT2D eigenvalue weighted by atomic mass is 10.3. The molecule has 0 heterocycles. The van der Waals surface area contributed by atoms with E-state index in [9.17, 15) is 4.21 Å². The highest BCUT2D eigenvalue weighted by Crippen LogP contribution is 2.20. The van der Waals surface area contributed by atoms with Crippen molar-refractivity contribution < 1.29 is 4.21 Å². The molecule has 1 aromatic carbocycles. The third-order valence-electron chi connectivity index (χ3n) is 1.69. The number of nitrogens with one attached hydrogen (secondary N) is 1. The standard InChI is InChI=1S/C9H14N2OS/c1-7(2)13(12)9-6-4-3-5-8(9)11-10/h3-7,11H,10H2,1-2H3. The third-order valence-corrected chi connectivity index (χ3v) is 3.33. The van der Waals surface area contributed by atoms with Crippen molar-refractivity contribution in [2.24, 2.45) is 5.84 Å². The van der Waals surface area contributed by atoms with Crippen molar-refractivity contribution in [1.29, 1.82) is 0 Å². The number of anilines is 1. The average molecular weight is 198 g/mol. The van der Waals surface area contributed by atoms with Crippen molar-refractivity contribution >= 4 is 16.5 Å². The lowest BCUT2D eigenvalue weighted by Crippen LogP contribution is -2.13. The van der Waals surface area contributed by atoms with Gasteiger partial charge in [0.05, 0.1) is 21.4 Å². The van der Waals surface area contributed by atoms with Gasteiger partial charge in [0.2, 0.25) is 0 Å². The van der Waals surface area contributed by atoms with Crippen molar-refractivity contribution in [3.05, 3.63) is 24.3 Å². The number of nitrogen functional groups attached to an aromatic ring is 1. The molecule has 0 bridgehead atoms. The molecule has 3 nitrogen and oxygen atoms in total. The Kier molecular flexibility index (Phi) is 3.45. The van der Waals surface area contributed by atoms with E-state index >= 15 is 0 Å². The Morgan fingerprint density at radius 1 is 1.38 bits per heavy atom. The highest BCUT2D eigenvalue weighted by Gasteiger charge is 2.11. The van der Waals surface area contributed by atoms with Crippen LogP contribution in [0, 0.1) is 0 Å². The predicted molar refractivity (Wildman–Crippen MR) is 55.8 cm³/mol. The Balaban J connectivity index is 3.06. The monoisotopic (exact) mass is 198 g/mol. The summed E-state index contributed by atoms with van der Waals surface area (Å²) in [6, 6.07) is 7.35. The summed E-state index contributed by atoms with van der Waals surface area (Å²) in [6.45, 7) is 3.84. The second kappa shape index (κ2) is 4.39. The molecule has 1 atom stereocenters. The molecule has 4 heteroatoms. The fourth-order valence-corrected chi connectivity index (χ4v) is 2.08. The molecule has 0 aliphatic heterocycles. The van der Waals surface area contributed by atoms with Crippen LogP contribution in [0.3, 0.4) is 0 Å². The van der Waals surface area contributed by atoms with E-state index in [4.69, 9.17) is 5.84 Å². The maximum atomic E-state index is 11.7. The van der Waals surface area contributed by atoms with Crippen molar-refractivity contribution in [2.45, 2.75) is 24.0 Å².